The Hall–Kier alpha value is -2.56. The van der Waals surface area contributed by atoms with Gasteiger partial charge in [0.25, 0.3) is 5.91 Å². The molecular formula is C13H12N4O. The second-order valence-electron chi connectivity index (χ2n) is 3.67. The van der Waals surface area contributed by atoms with Crippen LogP contribution >= 0.6 is 0 Å². The number of amides is 1. The van der Waals surface area contributed by atoms with E-state index in [-0.39, 0.29) is 5.91 Å². The number of carbonyl (C=O) groups excluding carboxylic acids is 1. The third-order valence-corrected chi connectivity index (χ3v) is 2.24. The molecule has 0 aliphatic carbocycles. The second kappa shape index (κ2) is 5.67. The Morgan fingerprint density at radius 3 is 2.89 bits per heavy atom. The average Bonchev–Trinajstić information content (AvgIpc) is 2.40. The fraction of sp³-hybridized carbons (Fsp3) is 0.0769. The van der Waals surface area contributed by atoms with Gasteiger partial charge in [-0.05, 0) is 25.1 Å². The van der Waals surface area contributed by atoms with Crippen LogP contribution in [0.25, 0.3) is 0 Å². The lowest BCUT2D eigenvalue weighted by atomic mass is 10.2. The fourth-order valence-corrected chi connectivity index (χ4v) is 1.28. The van der Waals surface area contributed by atoms with Crippen molar-refractivity contribution in [2.75, 3.05) is 0 Å². The van der Waals surface area contributed by atoms with Gasteiger partial charge in [0.05, 0.1) is 11.8 Å². The van der Waals surface area contributed by atoms with Gasteiger partial charge in [0, 0.05) is 29.8 Å². The Bertz CT molecular complexity index is 549. The lowest BCUT2D eigenvalue weighted by Gasteiger charge is -1.99. The smallest absolute Gasteiger partial charge is 0.267 e. The number of hydrazone groups is 1. The van der Waals surface area contributed by atoms with Gasteiger partial charge < -0.3 is 0 Å². The van der Waals surface area contributed by atoms with Crippen molar-refractivity contribution in [3.05, 3.63) is 59.7 Å². The maximum Gasteiger partial charge on any atom is 0.272 e. The van der Waals surface area contributed by atoms with Gasteiger partial charge in [-0.25, -0.2) is 5.43 Å². The van der Waals surface area contributed by atoms with Crippen LogP contribution in [0.3, 0.4) is 0 Å². The molecule has 0 aliphatic rings. The highest BCUT2D eigenvalue weighted by Crippen LogP contribution is 1.98. The van der Waals surface area contributed by atoms with Gasteiger partial charge in [-0.15, -0.1) is 0 Å². The highest BCUT2D eigenvalue weighted by molar-refractivity contribution is 5.94. The van der Waals surface area contributed by atoms with E-state index in [9.17, 15) is 4.79 Å². The largest absolute Gasteiger partial charge is 0.272 e. The van der Waals surface area contributed by atoms with Crippen molar-refractivity contribution in [1.29, 1.82) is 0 Å². The lowest BCUT2D eigenvalue weighted by molar-refractivity contribution is 0.0955. The first-order chi connectivity index (χ1) is 8.75. The maximum atomic E-state index is 11.7. The molecule has 2 rings (SSSR count). The molecule has 5 nitrogen and oxygen atoms in total. The number of rotatable bonds is 3. The normalized spacial score (nSPS) is 10.5. The van der Waals surface area contributed by atoms with E-state index in [1.807, 2.05) is 13.0 Å². The molecule has 5 heteroatoms. The molecule has 0 bridgehead atoms. The lowest BCUT2D eigenvalue weighted by Crippen LogP contribution is -2.17. The van der Waals surface area contributed by atoms with Gasteiger partial charge in [-0.1, -0.05) is 6.07 Å². The monoisotopic (exact) mass is 240 g/mol. The molecule has 1 N–H and O–H groups in total. The Balaban J connectivity index is 1.96. The van der Waals surface area contributed by atoms with Gasteiger partial charge in [0.2, 0.25) is 0 Å². The molecule has 0 radical (unpaired) electrons. The number of carbonyl (C=O) groups is 1. The number of nitrogens with zero attached hydrogens (tertiary/aromatic N) is 3. The first kappa shape index (κ1) is 11.9. The first-order valence-corrected chi connectivity index (χ1v) is 5.42. The zero-order valence-corrected chi connectivity index (χ0v) is 9.87. The molecule has 0 atom stereocenters. The summed E-state index contributed by atoms with van der Waals surface area (Å²) in [6.07, 6.45) is 6.38. The zero-order chi connectivity index (χ0) is 12.8. The summed E-state index contributed by atoms with van der Waals surface area (Å²) in [7, 11) is 0. The van der Waals surface area contributed by atoms with Crippen molar-refractivity contribution < 1.29 is 4.79 Å². The minimum absolute atomic E-state index is 0.289. The van der Waals surface area contributed by atoms with Crippen LogP contribution in [0.5, 0.6) is 0 Å². The minimum atomic E-state index is -0.289. The fourth-order valence-electron chi connectivity index (χ4n) is 1.28. The highest BCUT2D eigenvalue weighted by Gasteiger charge is 2.03. The van der Waals surface area contributed by atoms with Crippen LogP contribution in [-0.2, 0) is 0 Å². The zero-order valence-electron chi connectivity index (χ0n) is 9.87. The van der Waals surface area contributed by atoms with Crippen molar-refractivity contribution in [3.63, 3.8) is 0 Å². The maximum absolute atomic E-state index is 11.7. The molecule has 0 aromatic carbocycles. The predicted molar refractivity (Wildman–Crippen MR) is 68.3 cm³/mol. The molecule has 1 amide bonds. The molecule has 2 heterocycles. The predicted octanol–water partition coefficient (Wildman–Crippen LogP) is 1.55. The quantitative estimate of drug-likeness (QED) is 0.653. The van der Waals surface area contributed by atoms with E-state index < -0.39 is 0 Å². The molecule has 0 saturated heterocycles. The van der Waals surface area contributed by atoms with E-state index in [2.05, 4.69) is 20.5 Å². The van der Waals surface area contributed by atoms with E-state index in [0.29, 0.717) is 5.56 Å². The van der Waals surface area contributed by atoms with E-state index in [0.717, 1.165) is 11.3 Å². The van der Waals surface area contributed by atoms with Crippen LogP contribution < -0.4 is 5.43 Å². The summed E-state index contributed by atoms with van der Waals surface area (Å²) >= 11 is 0. The Morgan fingerprint density at radius 1 is 1.33 bits per heavy atom. The summed E-state index contributed by atoms with van der Waals surface area (Å²) in [4.78, 5) is 19.6. The average molecular weight is 240 g/mol. The van der Waals surface area contributed by atoms with Crippen LogP contribution in [-0.4, -0.2) is 22.1 Å². The SMILES string of the molecule is Cc1ccc(C(=O)N/N=C/c2cccnc2)cn1. The van der Waals surface area contributed by atoms with Crippen LogP contribution in [0.2, 0.25) is 0 Å². The van der Waals surface area contributed by atoms with E-state index in [1.165, 1.54) is 12.4 Å². The number of pyridine rings is 2. The number of aryl methyl sites for hydroxylation is 1. The number of nitrogens with one attached hydrogen (secondary N) is 1. The third kappa shape index (κ3) is 3.21. The summed E-state index contributed by atoms with van der Waals surface area (Å²) in [6, 6.07) is 7.13. The molecule has 0 fully saturated rings. The second-order valence-corrected chi connectivity index (χ2v) is 3.67. The van der Waals surface area contributed by atoms with Crippen molar-refractivity contribution in [2.45, 2.75) is 6.92 Å². The van der Waals surface area contributed by atoms with Crippen LogP contribution in [0.4, 0.5) is 0 Å². The van der Waals surface area contributed by atoms with Gasteiger partial charge in [0.15, 0.2) is 0 Å². The van der Waals surface area contributed by atoms with Crippen molar-refractivity contribution in [2.24, 2.45) is 5.10 Å². The molecule has 2 aromatic rings. The van der Waals surface area contributed by atoms with E-state index in [4.69, 9.17) is 0 Å². The number of aromatic nitrogens is 2. The van der Waals surface area contributed by atoms with Gasteiger partial charge >= 0.3 is 0 Å². The molecule has 2 aromatic heterocycles. The molecule has 0 aliphatic heterocycles. The summed E-state index contributed by atoms with van der Waals surface area (Å²) in [6.45, 7) is 1.86. The van der Waals surface area contributed by atoms with Gasteiger partial charge in [-0.2, -0.15) is 5.10 Å². The van der Waals surface area contributed by atoms with Crippen molar-refractivity contribution >= 4 is 12.1 Å². The molecule has 0 spiro atoms. The summed E-state index contributed by atoms with van der Waals surface area (Å²) < 4.78 is 0. The van der Waals surface area contributed by atoms with Gasteiger partial charge in [0.1, 0.15) is 0 Å². The van der Waals surface area contributed by atoms with E-state index in [1.54, 1.807) is 30.6 Å². The Kier molecular flexibility index (Phi) is 3.76. The standard InChI is InChI=1S/C13H12N4O/c1-10-4-5-12(9-15-10)13(18)17-16-8-11-3-2-6-14-7-11/h2-9H,1H3,(H,17,18)/b16-8+. The summed E-state index contributed by atoms with van der Waals surface area (Å²) in [5.41, 5.74) is 4.59. The first-order valence-electron chi connectivity index (χ1n) is 5.42. The molecular weight excluding hydrogens is 228 g/mol. The van der Waals surface area contributed by atoms with Crippen molar-refractivity contribution in [1.82, 2.24) is 15.4 Å². The molecule has 0 saturated carbocycles. The van der Waals surface area contributed by atoms with Crippen LogP contribution in [0, 0.1) is 6.92 Å². The molecule has 0 unspecified atom stereocenters. The van der Waals surface area contributed by atoms with E-state index >= 15 is 0 Å². The molecule has 90 valence electrons. The third-order valence-electron chi connectivity index (χ3n) is 2.24. The number of hydrogen-bond donors (Lipinski definition) is 1. The Labute approximate surface area is 105 Å². The number of hydrogen-bond acceptors (Lipinski definition) is 4. The van der Waals surface area contributed by atoms with Gasteiger partial charge in [-0.3, -0.25) is 14.8 Å². The summed E-state index contributed by atoms with van der Waals surface area (Å²) in [5, 5.41) is 3.85. The molecule has 18 heavy (non-hydrogen) atoms. The minimum Gasteiger partial charge on any atom is -0.267 e. The van der Waals surface area contributed by atoms with Crippen LogP contribution in [0.1, 0.15) is 21.6 Å². The Morgan fingerprint density at radius 2 is 2.22 bits per heavy atom. The topological polar surface area (TPSA) is 67.2 Å². The van der Waals surface area contributed by atoms with Crippen LogP contribution in [0.15, 0.2) is 48.0 Å². The van der Waals surface area contributed by atoms with Crippen molar-refractivity contribution in [3.8, 4) is 0 Å². The highest BCUT2D eigenvalue weighted by atomic mass is 16.2. The summed E-state index contributed by atoms with van der Waals surface area (Å²) in [5.74, 6) is -0.289.